The van der Waals surface area contributed by atoms with Gasteiger partial charge in [0.25, 0.3) is 0 Å². The van der Waals surface area contributed by atoms with Crippen LogP contribution in [0.2, 0.25) is 0 Å². The van der Waals surface area contributed by atoms with Crippen molar-refractivity contribution in [2.24, 2.45) is 0 Å². The molecule has 0 aliphatic rings. The molecule has 0 saturated carbocycles. The van der Waals surface area contributed by atoms with Gasteiger partial charge in [-0.2, -0.15) is 9.61 Å². The van der Waals surface area contributed by atoms with E-state index in [1.54, 1.807) is 35.1 Å². The Morgan fingerprint density at radius 1 is 1.19 bits per heavy atom. The molecular weight excluding hydrogens is 382 g/mol. The fraction of sp³-hybridized carbons (Fsp3) is 0.111. The van der Waals surface area contributed by atoms with Crippen molar-refractivity contribution in [3.63, 3.8) is 0 Å². The lowest BCUT2D eigenvalue weighted by Gasteiger charge is -2.09. The fourth-order valence-electron chi connectivity index (χ4n) is 2.48. The maximum Gasteiger partial charge on any atom is 0.234 e. The highest BCUT2D eigenvalue weighted by atomic mass is 32.2. The lowest BCUT2D eigenvalue weighted by molar-refractivity contribution is -0.113. The molecule has 4 aromatic rings. The van der Waals surface area contributed by atoms with Crippen LogP contribution in [-0.2, 0) is 4.79 Å². The molecule has 3 heterocycles. The molecule has 27 heavy (non-hydrogen) atoms. The third-order valence-corrected chi connectivity index (χ3v) is 5.53. The molecule has 0 saturated heterocycles. The number of nitrogens with one attached hydrogen (secondary N) is 1. The summed E-state index contributed by atoms with van der Waals surface area (Å²) in [6.07, 6.45) is 0. The molecule has 9 heteroatoms. The summed E-state index contributed by atoms with van der Waals surface area (Å²) in [5.41, 5.74) is 2.12. The molecule has 1 aromatic carbocycles. The molecule has 0 radical (unpaired) electrons. The summed E-state index contributed by atoms with van der Waals surface area (Å²) in [5, 5.41) is 18.3. The first-order valence-electron chi connectivity index (χ1n) is 8.06. The normalized spacial score (nSPS) is 10.9. The Morgan fingerprint density at radius 3 is 2.89 bits per heavy atom. The molecule has 1 N–H and O–H groups in total. The van der Waals surface area contributed by atoms with Gasteiger partial charge >= 0.3 is 0 Å². The molecule has 0 aliphatic heterocycles. The molecule has 0 spiro atoms. The van der Waals surface area contributed by atoms with E-state index < -0.39 is 0 Å². The number of benzene rings is 1. The topological polar surface area (TPSA) is 81.4 Å². The second-order valence-electron chi connectivity index (χ2n) is 5.49. The van der Waals surface area contributed by atoms with Gasteiger partial charge in [-0.05, 0) is 35.7 Å². The van der Waals surface area contributed by atoms with Crippen LogP contribution in [0.25, 0.3) is 16.2 Å². The van der Waals surface area contributed by atoms with Gasteiger partial charge in [0.1, 0.15) is 11.4 Å². The number of nitrogens with zero attached hydrogens (tertiary/aromatic N) is 4. The van der Waals surface area contributed by atoms with Crippen LogP contribution in [0.5, 0.6) is 5.75 Å². The number of para-hydroxylation sites is 2. The first kappa shape index (κ1) is 17.5. The number of rotatable bonds is 6. The Labute approximate surface area is 163 Å². The van der Waals surface area contributed by atoms with E-state index in [4.69, 9.17) is 4.74 Å². The van der Waals surface area contributed by atoms with Crippen molar-refractivity contribution in [3.05, 3.63) is 53.9 Å². The Kier molecular flexibility index (Phi) is 5.03. The number of thioether (sulfide) groups is 1. The van der Waals surface area contributed by atoms with Gasteiger partial charge in [-0.25, -0.2) is 0 Å². The number of hydrogen-bond donors (Lipinski definition) is 1. The minimum atomic E-state index is -0.157. The number of amides is 1. The van der Waals surface area contributed by atoms with Crippen molar-refractivity contribution < 1.29 is 9.53 Å². The number of aromatic nitrogens is 4. The number of thiophene rings is 1. The van der Waals surface area contributed by atoms with E-state index in [-0.39, 0.29) is 11.7 Å². The lowest BCUT2D eigenvalue weighted by Crippen LogP contribution is -2.15. The van der Waals surface area contributed by atoms with E-state index in [2.05, 4.69) is 20.6 Å². The third kappa shape index (κ3) is 3.79. The number of hydrogen-bond acceptors (Lipinski definition) is 7. The first-order valence-corrected chi connectivity index (χ1v) is 9.93. The maximum absolute atomic E-state index is 12.3. The molecule has 0 bridgehead atoms. The second kappa shape index (κ2) is 7.77. The van der Waals surface area contributed by atoms with Crippen LogP contribution in [0.1, 0.15) is 0 Å². The summed E-state index contributed by atoms with van der Waals surface area (Å²) in [6.45, 7) is 0. The van der Waals surface area contributed by atoms with Crippen LogP contribution in [0, 0.1) is 0 Å². The molecule has 0 aliphatic carbocycles. The van der Waals surface area contributed by atoms with Crippen LogP contribution < -0.4 is 10.1 Å². The summed E-state index contributed by atoms with van der Waals surface area (Å²) in [6, 6.07) is 15.1. The third-order valence-electron chi connectivity index (χ3n) is 3.72. The minimum Gasteiger partial charge on any atom is -0.495 e. The van der Waals surface area contributed by atoms with E-state index in [1.807, 2.05) is 41.8 Å². The highest BCUT2D eigenvalue weighted by Crippen LogP contribution is 2.25. The largest absolute Gasteiger partial charge is 0.495 e. The van der Waals surface area contributed by atoms with Crippen molar-refractivity contribution in [1.82, 2.24) is 19.8 Å². The molecule has 1 amide bonds. The van der Waals surface area contributed by atoms with Crippen molar-refractivity contribution in [3.8, 4) is 16.3 Å². The van der Waals surface area contributed by atoms with Crippen molar-refractivity contribution >= 4 is 40.3 Å². The summed E-state index contributed by atoms with van der Waals surface area (Å²) < 4.78 is 6.91. The monoisotopic (exact) mass is 397 g/mol. The van der Waals surface area contributed by atoms with Gasteiger partial charge in [-0.1, -0.05) is 30.0 Å². The van der Waals surface area contributed by atoms with Crippen LogP contribution >= 0.6 is 23.1 Å². The highest BCUT2D eigenvalue weighted by molar-refractivity contribution is 7.99. The molecule has 7 nitrogen and oxygen atoms in total. The van der Waals surface area contributed by atoms with Crippen LogP contribution in [0.4, 0.5) is 5.69 Å². The van der Waals surface area contributed by atoms with E-state index in [9.17, 15) is 4.79 Å². The Bertz CT molecular complexity index is 1080. The van der Waals surface area contributed by atoms with Gasteiger partial charge in [0.05, 0.1) is 23.4 Å². The van der Waals surface area contributed by atoms with Gasteiger partial charge in [0.2, 0.25) is 11.1 Å². The predicted molar refractivity (Wildman–Crippen MR) is 106 cm³/mol. The maximum atomic E-state index is 12.3. The van der Waals surface area contributed by atoms with Crippen LogP contribution in [0.15, 0.2) is 59.1 Å². The number of ether oxygens (including phenoxy) is 1. The van der Waals surface area contributed by atoms with Gasteiger partial charge < -0.3 is 10.1 Å². The summed E-state index contributed by atoms with van der Waals surface area (Å²) in [5.74, 6) is 0.644. The van der Waals surface area contributed by atoms with E-state index in [1.165, 1.54) is 11.8 Å². The Morgan fingerprint density at radius 2 is 2.07 bits per heavy atom. The number of anilines is 1. The zero-order valence-corrected chi connectivity index (χ0v) is 16.0. The molecule has 4 rings (SSSR count). The number of methoxy groups -OCH3 is 1. The Hall–Kier alpha value is -2.91. The van der Waals surface area contributed by atoms with Gasteiger partial charge in [-0.3, -0.25) is 4.79 Å². The first-order chi connectivity index (χ1) is 13.2. The lowest BCUT2D eigenvalue weighted by atomic mass is 10.3. The smallest absolute Gasteiger partial charge is 0.234 e. The average molecular weight is 397 g/mol. The summed E-state index contributed by atoms with van der Waals surface area (Å²) in [7, 11) is 1.57. The molecular formula is C18H15N5O2S2. The zero-order valence-electron chi connectivity index (χ0n) is 14.3. The van der Waals surface area contributed by atoms with Gasteiger partial charge in [0, 0.05) is 0 Å². The summed E-state index contributed by atoms with van der Waals surface area (Å²) in [4.78, 5) is 13.4. The minimum absolute atomic E-state index is 0.157. The standard InChI is InChI=1S/C18H15N5O2S2/c1-25-14-6-3-2-5-12(14)19-17(24)11-27-18-21-20-16-9-8-13(22-23(16)18)15-7-4-10-26-15/h2-10H,11H2,1H3,(H,19,24). The highest BCUT2D eigenvalue weighted by Gasteiger charge is 2.13. The van der Waals surface area contributed by atoms with Crippen molar-refractivity contribution in [2.75, 3.05) is 18.2 Å². The molecule has 0 atom stereocenters. The average Bonchev–Trinajstić information content (AvgIpc) is 3.36. The predicted octanol–water partition coefficient (Wildman–Crippen LogP) is 3.59. The quantitative estimate of drug-likeness (QED) is 0.501. The van der Waals surface area contributed by atoms with Crippen molar-refractivity contribution in [2.45, 2.75) is 5.16 Å². The van der Waals surface area contributed by atoms with Gasteiger partial charge in [-0.15, -0.1) is 21.5 Å². The zero-order chi connectivity index (χ0) is 18.6. The van der Waals surface area contributed by atoms with Gasteiger partial charge in [0.15, 0.2) is 5.65 Å². The van der Waals surface area contributed by atoms with E-state index in [0.29, 0.717) is 22.2 Å². The molecule has 136 valence electrons. The second-order valence-corrected chi connectivity index (χ2v) is 7.38. The summed E-state index contributed by atoms with van der Waals surface area (Å²) >= 11 is 2.90. The van der Waals surface area contributed by atoms with Crippen LogP contribution in [0.3, 0.4) is 0 Å². The fourth-order valence-corrected chi connectivity index (χ4v) is 3.86. The molecule has 0 unspecified atom stereocenters. The number of fused-ring (bicyclic) bond motifs is 1. The molecule has 3 aromatic heterocycles. The molecule has 0 fully saturated rings. The van der Waals surface area contributed by atoms with Crippen LogP contribution in [-0.4, -0.2) is 38.6 Å². The van der Waals surface area contributed by atoms with Crippen molar-refractivity contribution in [1.29, 1.82) is 0 Å². The van der Waals surface area contributed by atoms with E-state index >= 15 is 0 Å². The number of carbonyl (C=O) groups excluding carboxylic acids is 1. The van der Waals surface area contributed by atoms with E-state index in [0.717, 1.165) is 10.6 Å². The Balaban J connectivity index is 1.48. The SMILES string of the molecule is COc1ccccc1NC(=O)CSc1nnc2ccc(-c3cccs3)nn12. The number of carbonyl (C=O) groups is 1.